The molecule has 2 aromatic carbocycles. The molecule has 0 spiro atoms. The van der Waals surface area contributed by atoms with Crippen molar-refractivity contribution < 1.29 is 57.7 Å². The second-order valence-electron chi connectivity index (χ2n) is 17.9. The highest BCUT2D eigenvalue weighted by molar-refractivity contribution is 5.95. The molecule has 11 N–H and O–H groups in total. The lowest BCUT2D eigenvalue weighted by Crippen LogP contribution is -2.57. The Morgan fingerprint density at radius 1 is 0.652 bits per heavy atom. The van der Waals surface area contributed by atoms with E-state index in [1.807, 2.05) is 13.8 Å². The maximum absolute atomic E-state index is 13.8. The van der Waals surface area contributed by atoms with Crippen LogP contribution < -0.4 is 48.1 Å². The summed E-state index contributed by atoms with van der Waals surface area (Å²) in [5.41, 5.74) is 10.2. The van der Waals surface area contributed by atoms with Crippen LogP contribution in [0.1, 0.15) is 92.7 Å². The number of carbonyl (C=O) groups is 8. The Kier molecular flexibility index (Phi) is 21.9. The predicted octanol–water partition coefficient (Wildman–Crippen LogP) is 1.94. The zero-order valence-electron chi connectivity index (χ0n) is 39.1. The summed E-state index contributed by atoms with van der Waals surface area (Å²) >= 11 is 0. The summed E-state index contributed by atoms with van der Waals surface area (Å²) in [6.45, 7) is 14.5. The Balaban J connectivity index is 2.17. The molecule has 21 nitrogen and oxygen atoms in total. The lowest BCUT2D eigenvalue weighted by Gasteiger charge is -2.26. The highest BCUT2D eigenvalue weighted by Gasteiger charge is 2.31. The summed E-state index contributed by atoms with van der Waals surface area (Å²) in [5, 5.41) is 25.0. The number of ether oxygens (including phenoxy) is 3. The molecule has 0 unspecified atom stereocenters. The number of guanidine groups is 1. The van der Waals surface area contributed by atoms with E-state index in [0.29, 0.717) is 11.1 Å². The standard InChI is InChI=1S/C45H67N9O12/c1-26(2)22-32(38(58)52-31(40(60)61)16-13-21-48-41(46)47)53-39(59)33(23-28-14-11-10-12-15-28)51-35(55)25-49-36(56)27(3)50-37(57)34(54-42(62)65-44(4,5)6)24-29-17-19-30(20-18-29)64-43(63)66-45(7,8)9/h10-12,14-15,17-20,26-27,31-34H,13,16,21-25H2,1-9H3,(H,49,56)(H,50,57)(H,51,55)(H,52,58)(H,53,59)(H,54,62)(H,60,61)(H4,46,47,48)/t27-,31+,32+,33+,34+/m0/s1. The van der Waals surface area contributed by atoms with Crippen molar-refractivity contribution in [1.29, 1.82) is 0 Å². The van der Waals surface area contributed by atoms with Gasteiger partial charge in [0.15, 0.2) is 5.96 Å². The van der Waals surface area contributed by atoms with Crippen LogP contribution >= 0.6 is 0 Å². The van der Waals surface area contributed by atoms with Crippen molar-refractivity contribution in [2.24, 2.45) is 22.4 Å². The van der Waals surface area contributed by atoms with Crippen LogP contribution in [-0.4, -0.2) is 113 Å². The van der Waals surface area contributed by atoms with E-state index in [-0.39, 0.29) is 56.3 Å². The van der Waals surface area contributed by atoms with E-state index in [1.54, 1.807) is 84.0 Å². The predicted molar refractivity (Wildman–Crippen MR) is 244 cm³/mol. The van der Waals surface area contributed by atoms with E-state index in [0.717, 1.165) is 0 Å². The molecule has 5 atom stereocenters. The number of nitrogens with one attached hydrogen (secondary N) is 6. The third-order valence-electron chi connectivity index (χ3n) is 8.97. The first kappa shape index (κ1) is 55.2. The van der Waals surface area contributed by atoms with E-state index in [1.165, 1.54) is 19.1 Å². The van der Waals surface area contributed by atoms with Crippen LogP contribution in [0.5, 0.6) is 5.75 Å². The summed E-state index contributed by atoms with van der Waals surface area (Å²) in [4.78, 5) is 108. The van der Waals surface area contributed by atoms with Gasteiger partial charge in [-0.05, 0) is 96.9 Å². The number of hydrogen-bond acceptors (Lipinski definition) is 12. The number of carbonyl (C=O) groups excluding carboxylic acids is 7. The van der Waals surface area contributed by atoms with Crippen molar-refractivity contribution in [3.8, 4) is 5.75 Å². The number of alkyl carbamates (subject to hydrolysis) is 1. The van der Waals surface area contributed by atoms with Crippen LogP contribution in [0.25, 0.3) is 0 Å². The molecule has 6 amide bonds. The number of carboxylic acid groups (broad SMARTS) is 1. The average molecular weight is 926 g/mol. The molecule has 0 aliphatic carbocycles. The van der Waals surface area contributed by atoms with Gasteiger partial charge in [-0.3, -0.25) is 29.0 Å². The fourth-order valence-corrected chi connectivity index (χ4v) is 5.97. The average Bonchev–Trinajstić information content (AvgIpc) is 3.19. The molecule has 0 fully saturated rings. The number of benzene rings is 2. The molecule has 0 heterocycles. The number of carboxylic acids is 1. The Morgan fingerprint density at radius 3 is 1.73 bits per heavy atom. The van der Waals surface area contributed by atoms with Crippen molar-refractivity contribution in [2.45, 2.75) is 136 Å². The van der Waals surface area contributed by atoms with E-state index in [2.05, 4.69) is 36.9 Å². The topological polar surface area (TPSA) is 321 Å². The van der Waals surface area contributed by atoms with Gasteiger partial charge in [0.2, 0.25) is 29.5 Å². The molecule has 0 saturated heterocycles. The molecule has 0 radical (unpaired) electrons. The third kappa shape index (κ3) is 22.6. The molecule has 2 rings (SSSR count). The highest BCUT2D eigenvalue weighted by atomic mass is 16.7. The Hall–Kier alpha value is -6.93. The minimum Gasteiger partial charge on any atom is -0.480 e. The van der Waals surface area contributed by atoms with Gasteiger partial charge in [0.25, 0.3) is 0 Å². The second kappa shape index (κ2) is 26.1. The first-order chi connectivity index (χ1) is 30.7. The summed E-state index contributed by atoms with van der Waals surface area (Å²) < 4.78 is 15.7. The summed E-state index contributed by atoms with van der Waals surface area (Å²) in [7, 11) is 0. The van der Waals surface area contributed by atoms with Gasteiger partial charge in [0.05, 0.1) is 6.54 Å². The summed E-state index contributed by atoms with van der Waals surface area (Å²) in [5.74, 6) is -5.19. The Labute approximate surface area is 385 Å². The molecular weight excluding hydrogens is 859 g/mol. The number of nitrogens with two attached hydrogens (primary N) is 2. The minimum absolute atomic E-state index is 0.00887. The minimum atomic E-state index is -1.30. The van der Waals surface area contributed by atoms with Crippen molar-refractivity contribution >= 4 is 53.7 Å². The number of nitrogens with zero attached hydrogens (tertiary/aromatic N) is 1. The molecule has 0 aliphatic rings. The quantitative estimate of drug-likeness (QED) is 0.0253. The van der Waals surface area contributed by atoms with Gasteiger partial charge in [0.1, 0.15) is 47.2 Å². The van der Waals surface area contributed by atoms with E-state index in [4.69, 9.17) is 25.7 Å². The van der Waals surface area contributed by atoms with Gasteiger partial charge >= 0.3 is 18.2 Å². The highest BCUT2D eigenvalue weighted by Crippen LogP contribution is 2.17. The number of rotatable bonds is 23. The summed E-state index contributed by atoms with van der Waals surface area (Å²) in [6, 6.07) is 8.63. The van der Waals surface area contributed by atoms with Gasteiger partial charge in [-0.15, -0.1) is 0 Å². The van der Waals surface area contributed by atoms with Gasteiger partial charge in [-0.1, -0.05) is 56.3 Å². The van der Waals surface area contributed by atoms with Crippen LogP contribution in [0, 0.1) is 5.92 Å². The van der Waals surface area contributed by atoms with Gasteiger partial charge in [-0.25, -0.2) is 14.4 Å². The van der Waals surface area contributed by atoms with Gasteiger partial charge in [0, 0.05) is 19.4 Å². The molecule has 21 heteroatoms. The summed E-state index contributed by atoms with van der Waals surface area (Å²) in [6.07, 6.45) is -1.49. The fraction of sp³-hybridized carbons (Fsp3) is 0.533. The van der Waals surface area contributed by atoms with Crippen LogP contribution in [0.3, 0.4) is 0 Å². The second-order valence-corrected chi connectivity index (χ2v) is 17.9. The molecule has 2 aromatic rings. The molecule has 0 bridgehead atoms. The number of aliphatic carboxylic acids is 1. The van der Waals surface area contributed by atoms with E-state index >= 15 is 0 Å². The smallest absolute Gasteiger partial charge is 0.480 e. The van der Waals surface area contributed by atoms with E-state index < -0.39 is 95.7 Å². The third-order valence-corrected chi connectivity index (χ3v) is 8.97. The molecule has 0 aromatic heterocycles. The number of hydrogen-bond donors (Lipinski definition) is 9. The molecule has 0 aliphatic heterocycles. The van der Waals surface area contributed by atoms with Crippen molar-refractivity contribution in [1.82, 2.24) is 31.9 Å². The molecule has 0 saturated carbocycles. The lowest BCUT2D eigenvalue weighted by molar-refractivity contribution is -0.142. The van der Waals surface area contributed by atoms with Crippen LogP contribution in [0.4, 0.5) is 9.59 Å². The van der Waals surface area contributed by atoms with Crippen molar-refractivity contribution in [2.75, 3.05) is 13.1 Å². The van der Waals surface area contributed by atoms with Crippen LogP contribution in [-0.2, 0) is 51.1 Å². The van der Waals surface area contributed by atoms with Gasteiger partial charge < -0.3 is 62.7 Å². The van der Waals surface area contributed by atoms with Crippen molar-refractivity contribution in [3.05, 3.63) is 65.7 Å². The number of aliphatic imine (C=N–C) groups is 1. The monoisotopic (exact) mass is 925 g/mol. The first-order valence-electron chi connectivity index (χ1n) is 21.5. The van der Waals surface area contributed by atoms with Gasteiger partial charge in [-0.2, -0.15) is 0 Å². The number of amides is 6. The molecule has 66 heavy (non-hydrogen) atoms. The fourth-order valence-electron chi connectivity index (χ4n) is 5.97. The van der Waals surface area contributed by atoms with Crippen LogP contribution in [0.2, 0.25) is 0 Å². The van der Waals surface area contributed by atoms with Crippen LogP contribution in [0.15, 0.2) is 59.6 Å². The zero-order chi connectivity index (χ0) is 49.8. The first-order valence-corrected chi connectivity index (χ1v) is 21.5. The Morgan fingerprint density at radius 2 is 1.18 bits per heavy atom. The Bertz CT molecular complexity index is 1990. The largest absolute Gasteiger partial charge is 0.514 e. The maximum atomic E-state index is 13.8. The van der Waals surface area contributed by atoms with E-state index in [9.17, 15) is 43.5 Å². The van der Waals surface area contributed by atoms with Crippen molar-refractivity contribution in [3.63, 3.8) is 0 Å². The molecular formula is C45H67N9O12. The SMILES string of the molecule is CC(C)C[C@@H](NC(=O)[C@@H](Cc1ccccc1)NC(=O)CNC(=O)[C@H](C)NC(=O)[C@@H](Cc1ccc(OC(=O)OC(C)(C)C)cc1)NC(=O)OC(C)(C)C)C(=O)N[C@H](CCCN=C(N)N)C(=O)O. The molecule has 364 valence electrons. The normalized spacial score (nSPS) is 13.5. The lowest BCUT2D eigenvalue weighted by atomic mass is 10.0. The maximum Gasteiger partial charge on any atom is 0.514 e. The zero-order valence-corrected chi connectivity index (χ0v) is 39.1.